The quantitative estimate of drug-likeness (QED) is 0.733. The van der Waals surface area contributed by atoms with Crippen molar-refractivity contribution in [2.75, 3.05) is 7.05 Å². The molecule has 2 aromatic carbocycles. The lowest BCUT2D eigenvalue weighted by Gasteiger charge is -2.10. The monoisotopic (exact) mass is 322 g/mol. The highest BCUT2D eigenvalue weighted by molar-refractivity contribution is 5.85. The van der Waals surface area contributed by atoms with Gasteiger partial charge in [-0.15, -0.1) is 0 Å². The van der Waals surface area contributed by atoms with Crippen molar-refractivity contribution >= 4 is 16.9 Å². The summed E-state index contributed by atoms with van der Waals surface area (Å²) < 4.78 is 2.20. The number of hydrogen-bond acceptors (Lipinski definition) is 2. The average molecular weight is 322 g/mol. The molecule has 0 saturated heterocycles. The summed E-state index contributed by atoms with van der Waals surface area (Å²) >= 11 is 0. The second-order valence-electron chi connectivity index (χ2n) is 6.17. The molecule has 0 radical (unpaired) electrons. The lowest BCUT2D eigenvalue weighted by atomic mass is 10.1. The fraction of sp³-hybridized carbons (Fsp3) is 0.250. The van der Waals surface area contributed by atoms with Gasteiger partial charge in [0, 0.05) is 30.1 Å². The molecule has 24 heavy (non-hydrogen) atoms. The fourth-order valence-corrected chi connectivity index (χ4v) is 3.16. The van der Waals surface area contributed by atoms with Gasteiger partial charge in [-0.1, -0.05) is 48.0 Å². The number of rotatable bonds is 6. The van der Waals surface area contributed by atoms with E-state index in [4.69, 9.17) is 0 Å². The molecule has 0 saturated carbocycles. The third-order valence-electron chi connectivity index (χ3n) is 4.38. The maximum absolute atomic E-state index is 11.3. The summed E-state index contributed by atoms with van der Waals surface area (Å²) in [5.41, 5.74) is 4.67. The van der Waals surface area contributed by atoms with Crippen LogP contribution < -0.4 is 5.32 Å². The molecule has 0 amide bonds. The van der Waals surface area contributed by atoms with Crippen LogP contribution in [0, 0.1) is 6.92 Å². The summed E-state index contributed by atoms with van der Waals surface area (Å²) in [6.07, 6.45) is 2.55. The van der Waals surface area contributed by atoms with E-state index < -0.39 is 12.0 Å². The molecule has 1 heterocycles. The number of carboxylic acids is 1. The van der Waals surface area contributed by atoms with Gasteiger partial charge in [-0.2, -0.15) is 0 Å². The number of aromatic nitrogens is 1. The summed E-state index contributed by atoms with van der Waals surface area (Å²) in [6, 6.07) is 16.0. The Hall–Kier alpha value is -2.59. The number of fused-ring (bicyclic) bond motifs is 1. The Morgan fingerprint density at radius 1 is 1.21 bits per heavy atom. The third kappa shape index (κ3) is 3.34. The maximum atomic E-state index is 11.3. The first kappa shape index (κ1) is 16.3. The number of aliphatic carboxylic acids is 1. The van der Waals surface area contributed by atoms with E-state index in [1.165, 1.54) is 11.1 Å². The van der Waals surface area contributed by atoms with E-state index in [1.807, 2.05) is 12.1 Å². The molecular formula is C20H22N2O2. The van der Waals surface area contributed by atoms with E-state index in [2.05, 4.69) is 59.4 Å². The summed E-state index contributed by atoms with van der Waals surface area (Å²) in [4.78, 5) is 11.3. The lowest BCUT2D eigenvalue weighted by Crippen LogP contribution is -2.35. The zero-order chi connectivity index (χ0) is 17.1. The Balaban J connectivity index is 1.98. The molecule has 1 aromatic heterocycles. The summed E-state index contributed by atoms with van der Waals surface area (Å²) in [5.74, 6) is -0.826. The van der Waals surface area contributed by atoms with Gasteiger partial charge in [0.2, 0.25) is 0 Å². The highest BCUT2D eigenvalue weighted by atomic mass is 16.4. The van der Waals surface area contributed by atoms with Crippen LogP contribution in [0.4, 0.5) is 0 Å². The van der Waals surface area contributed by atoms with Crippen LogP contribution in [0.3, 0.4) is 0 Å². The molecular weight excluding hydrogens is 300 g/mol. The summed E-state index contributed by atoms with van der Waals surface area (Å²) in [7, 11) is 1.69. The largest absolute Gasteiger partial charge is 0.480 e. The molecule has 0 fully saturated rings. The number of para-hydroxylation sites is 1. The van der Waals surface area contributed by atoms with Crippen LogP contribution in [-0.4, -0.2) is 28.7 Å². The number of likely N-dealkylation sites (N-methyl/N-ethyl adjacent to an activating group) is 1. The van der Waals surface area contributed by atoms with Crippen LogP contribution in [0.25, 0.3) is 10.9 Å². The predicted molar refractivity (Wildman–Crippen MR) is 96.4 cm³/mol. The van der Waals surface area contributed by atoms with Crippen molar-refractivity contribution in [2.24, 2.45) is 0 Å². The van der Waals surface area contributed by atoms with E-state index in [1.54, 1.807) is 7.05 Å². The number of hydrogen-bond donors (Lipinski definition) is 2. The van der Waals surface area contributed by atoms with Gasteiger partial charge in [-0.25, -0.2) is 0 Å². The summed E-state index contributed by atoms with van der Waals surface area (Å²) in [6.45, 7) is 2.87. The minimum absolute atomic E-state index is 0.465. The molecule has 0 aliphatic carbocycles. The Bertz CT molecular complexity index is 867. The molecule has 0 bridgehead atoms. The number of carboxylic acid groups (broad SMARTS) is 1. The fourth-order valence-electron chi connectivity index (χ4n) is 3.16. The SMILES string of the molecule is CNC(Cc1cn(Cc2cccc(C)c2)c2ccccc12)C(=O)O. The van der Waals surface area contributed by atoms with Crippen molar-refractivity contribution in [1.82, 2.24) is 9.88 Å². The maximum Gasteiger partial charge on any atom is 0.321 e. The van der Waals surface area contributed by atoms with Crippen LogP contribution in [0.5, 0.6) is 0 Å². The highest BCUT2D eigenvalue weighted by Crippen LogP contribution is 2.24. The minimum Gasteiger partial charge on any atom is -0.480 e. The molecule has 1 atom stereocenters. The number of nitrogens with zero attached hydrogens (tertiary/aromatic N) is 1. The Morgan fingerprint density at radius 2 is 2.00 bits per heavy atom. The standard InChI is InChI=1S/C20H22N2O2/c1-14-6-5-7-15(10-14)12-22-13-16(11-18(21-2)20(23)24)17-8-3-4-9-19(17)22/h3-10,13,18,21H,11-12H2,1-2H3,(H,23,24). The zero-order valence-corrected chi connectivity index (χ0v) is 14.0. The molecule has 0 spiro atoms. The topological polar surface area (TPSA) is 54.3 Å². The highest BCUT2D eigenvalue weighted by Gasteiger charge is 2.18. The Labute approximate surface area is 141 Å². The van der Waals surface area contributed by atoms with E-state index >= 15 is 0 Å². The van der Waals surface area contributed by atoms with Crippen LogP contribution in [-0.2, 0) is 17.8 Å². The normalized spacial score (nSPS) is 12.4. The van der Waals surface area contributed by atoms with Gasteiger partial charge in [-0.3, -0.25) is 4.79 Å². The third-order valence-corrected chi connectivity index (χ3v) is 4.38. The van der Waals surface area contributed by atoms with Gasteiger partial charge < -0.3 is 15.0 Å². The molecule has 3 rings (SSSR count). The molecule has 3 aromatic rings. The first-order valence-corrected chi connectivity index (χ1v) is 8.11. The molecule has 1 unspecified atom stereocenters. The number of benzene rings is 2. The van der Waals surface area contributed by atoms with Crippen LogP contribution in [0.2, 0.25) is 0 Å². The summed E-state index contributed by atoms with van der Waals surface area (Å²) in [5, 5.41) is 13.3. The van der Waals surface area contributed by atoms with Gasteiger partial charge in [0.25, 0.3) is 0 Å². The minimum atomic E-state index is -0.826. The van der Waals surface area contributed by atoms with E-state index in [-0.39, 0.29) is 0 Å². The van der Waals surface area contributed by atoms with Gasteiger partial charge in [0.05, 0.1) is 0 Å². The average Bonchev–Trinajstić information content (AvgIpc) is 2.90. The first-order chi connectivity index (χ1) is 11.6. The molecule has 0 aliphatic heterocycles. The van der Waals surface area contributed by atoms with Gasteiger partial charge in [0.1, 0.15) is 6.04 Å². The Kier molecular flexibility index (Phi) is 4.67. The van der Waals surface area contributed by atoms with Gasteiger partial charge in [-0.05, 0) is 31.2 Å². The van der Waals surface area contributed by atoms with Crippen LogP contribution in [0.15, 0.2) is 54.7 Å². The van der Waals surface area contributed by atoms with Gasteiger partial charge in [0.15, 0.2) is 0 Å². The van der Waals surface area contributed by atoms with Crippen molar-refractivity contribution < 1.29 is 9.90 Å². The van der Waals surface area contributed by atoms with Crippen molar-refractivity contribution in [3.63, 3.8) is 0 Å². The van der Waals surface area contributed by atoms with Crippen LogP contribution >= 0.6 is 0 Å². The smallest absolute Gasteiger partial charge is 0.321 e. The van der Waals surface area contributed by atoms with E-state index in [0.717, 1.165) is 23.0 Å². The zero-order valence-electron chi connectivity index (χ0n) is 14.0. The lowest BCUT2D eigenvalue weighted by molar-refractivity contribution is -0.139. The second kappa shape index (κ2) is 6.89. The first-order valence-electron chi connectivity index (χ1n) is 8.11. The second-order valence-corrected chi connectivity index (χ2v) is 6.17. The van der Waals surface area contributed by atoms with Crippen molar-refractivity contribution in [2.45, 2.75) is 25.9 Å². The van der Waals surface area contributed by atoms with Crippen LogP contribution in [0.1, 0.15) is 16.7 Å². The Morgan fingerprint density at radius 3 is 2.71 bits per heavy atom. The molecule has 4 nitrogen and oxygen atoms in total. The van der Waals surface area contributed by atoms with E-state index in [0.29, 0.717) is 6.42 Å². The van der Waals surface area contributed by atoms with E-state index in [9.17, 15) is 9.90 Å². The van der Waals surface area contributed by atoms with Crippen molar-refractivity contribution in [1.29, 1.82) is 0 Å². The number of aryl methyl sites for hydroxylation is 1. The predicted octanol–water partition coefficient (Wildman–Crippen LogP) is 3.21. The molecule has 0 aliphatic rings. The number of nitrogens with one attached hydrogen (secondary N) is 1. The van der Waals surface area contributed by atoms with Crippen molar-refractivity contribution in [3.05, 3.63) is 71.4 Å². The molecule has 4 heteroatoms. The molecule has 2 N–H and O–H groups in total. The number of carbonyl (C=O) groups is 1. The molecule has 124 valence electrons. The van der Waals surface area contributed by atoms with Crippen molar-refractivity contribution in [3.8, 4) is 0 Å². The van der Waals surface area contributed by atoms with Gasteiger partial charge >= 0.3 is 5.97 Å².